The largest absolute Gasteiger partial charge is 0.439 e. The minimum Gasteiger partial charge on any atom is -0.439 e. The maximum Gasteiger partial charge on any atom is 0.194 e. The Morgan fingerprint density at radius 1 is 0.962 bits per heavy atom. The fourth-order valence-electron chi connectivity index (χ4n) is 2.99. The van der Waals surface area contributed by atoms with Crippen LogP contribution in [0.5, 0.6) is 0 Å². The third-order valence-corrected chi connectivity index (χ3v) is 4.46. The van der Waals surface area contributed by atoms with Crippen LogP contribution in [0.4, 0.5) is 0 Å². The summed E-state index contributed by atoms with van der Waals surface area (Å²) in [5.41, 5.74) is 2.72. The van der Waals surface area contributed by atoms with Gasteiger partial charge in [0.25, 0.3) is 0 Å². The fraction of sp³-hybridized carbons (Fsp3) is 0.318. The number of pyridine rings is 1. The van der Waals surface area contributed by atoms with Crippen molar-refractivity contribution in [3.63, 3.8) is 0 Å². The molecule has 0 aliphatic heterocycles. The van der Waals surface area contributed by atoms with Crippen LogP contribution in [0.15, 0.2) is 59.3 Å². The Morgan fingerprint density at radius 2 is 1.77 bits per heavy atom. The molecule has 0 radical (unpaired) electrons. The molecule has 4 nitrogen and oxygen atoms in total. The zero-order valence-electron chi connectivity index (χ0n) is 15.1. The lowest BCUT2D eigenvalue weighted by atomic mass is 10.00. The van der Waals surface area contributed by atoms with Gasteiger partial charge in [0.1, 0.15) is 5.69 Å². The van der Waals surface area contributed by atoms with Crippen molar-refractivity contribution < 1.29 is 9.21 Å². The molecule has 2 heterocycles. The quantitative estimate of drug-likeness (QED) is 0.383. The molecule has 26 heavy (non-hydrogen) atoms. The monoisotopic (exact) mass is 348 g/mol. The number of nitrogens with zero attached hydrogens (tertiary/aromatic N) is 2. The number of aryl methyl sites for hydroxylation is 2. The number of ketones is 1. The van der Waals surface area contributed by atoms with E-state index in [0.29, 0.717) is 12.2 Å². The summed E-state index contributed by atoms with van der Waals surface area (Å²) in [5.74, 6) is 1.71. The Bertz CT molecular complexity index is 840. The Morgan fingerprint density at radius 3 is 2.58 bits per heavy atom. The maximum atomic E-state index is 12.2. The van der Waals surface area contributed by atoms with Gasteiger partial charge in [-0.2, -0.15) is 0 Å². The summed E-state index contributed by atoms with van der Waals surface area (Å²) in [7, 11) is 0. The number of oxazole rings is 1. The van der Waals surface area contributed by atoms with Gasteiger partial charge in [0.15, 0.2) is 17.4 Å². The standard InChI is InChI=1S/C22H24N2O2/c1-17-10-6-7-11-18(17)20(25)13-4-2-3-5-14-22-24-16-21(26-22)19-12-8-9-15-23-19/h6-12,15-16H,2-5,13-14H2,1H3. The summed E-state index contributed by atoms with van der Waals surface area (Å²) in [6, 6.07) is 13.5. The first-order valence-corrected chi connectivity index (χ1v) is 9.19. The van der Waals surface area contributed by atoms with E-state index in [0.717, 1.165) is 54.8 Å². The van der Waals surface area contributed by atoms with Crippen molar-refractivity contribution in [3.05, 3.63) is 71.9 Å². The molecule has 0 saturated heterocycles. The highest BCUT2D eigenvalue weighted by atomic mass is 16.4. The summed E-state index contributed by atoms with van der Waals surface area (Å²) in [5, 5.41) is 0. The predicted octanol–water partition coefficient (Wildman–Crippen LogP) is 5.42. The van der Waals surface area contributed by atoms with Crippen LogP contribution < -0.4 is 0 Å². The van der Waals surface area contributed by atoms with Crippen molar-refractivity contribution in [3.8, 4) is 11.5 Å². The third kappa shape index (κ3) is 4.88. The third-order valence-electron chi connectivity index (χ3n) is 4.46. The zero-order chi connectivity index (χ0) is 18.2. The van der Waals surface area contributed by atoms with Gasteiger partial charge in [0.2, 0.25) is 0 Å². The fourth-order valence-corrected chi connectivity index (χ4v) is 2.99. The number of Topliss-reactive ketones (excluding diaryl/α,β-unsaturated/α-hetero) is 1. The first-order chi connectivity index (χ1) is 12.7. The number of hydrogen-bond donors (Lipinski definition) is 0. The summed E-state index contributed by atoms with van der Waals surface area (Å²) < 4.78 is 5.76. The Balaban J connectivity index is 1.36. The first kappa shape index (κ1) is 18.1. The molecular weight excluding hydrogens is 324 g/mol. The normalized spacial score (nSPS) is 10.8. The van der Waals surface area contributed by atoms with E-state index in [1.54, 1.807) is 12.4 Å². The van der Waals surface area contributed by atoms with Crippen molar-refractivity contribution in [2.24, 2.45) is 0 Å². The predicted molar refractivity (Wildman–Crippen MR) is 102 cm³/mol. The highest BCUT2D eigenvalue weighted by Crippen LogP contribution is 2.19. The van der Waals surface area contributed by atoms with Crippen molar-refractivity contribution in [2.75, 3.05) is 0 Å². The number of rotatable bonds is 9. The van der Waals surface area contributed by atoms with Crippen LogP contribution >= 0.6 is 0 Å². The van der Waals surface area contributed by atoms with Crippen molar-refractivity contribution in [1.29, 1.82) is 0 Å². The molecule has 0 amide bonds. The average molecular weight is 348 g/mol. The van der Waals surface area contributed by atoms with E-state index in [1.165, 1.54) is 0 Å². The topological polar surface area (TPSA) is 56.0 Å². The molecule has 0 aliphatic carbocycles. The number of carbonyl (C=O) groups is 1. The molecule has 0 atom stereocenters. The van der Waals surface area contributed by atoms with Gasteiger partial charge in [-0.15, -0.1) is 0 Å². The molecule has 0 aliphatic rings. The molecule has 134 valence electrons. The second kappa shape index (κ2) is 9.09. The van der Waals surface area contributed by atoms with E-state index in [4.69, 9.17) is 4.42 Å². The second-order valence-corrected chi connectivity index (χ2v) is 6.49. The van der Waals surface area contributed by atoms with Gasteiger partial charge in [0.05, 0.1) is 6.20 Å². The van der Waals surface area contributed by atoms with Crippen molar-refractivity contribution in [1.82, 2.24) is 9.97 Å². The molecule has 4 heteroatoms. The van der Waals surface area contributed by atoms with Crippen LogP contribution in [0, 0.1) is 6.92 Å². The lowest BCUT2D eigenvalue weighted by Gasteiger charge is -2.04. The molecule has 1 aromatic carbocycles. The van der Waals surface area contributed by atoms with Crippen molar-refractivity contribution in [2.45, 2.75) is 45.4 Å². The van der Waals surface area contributed by atoms with Gasteiger partial charge in [-0.1, -0.05) is 43.2 Å². The second-order valence-electron chi connectivity index (χ2n) is 6.49. The maximum absolute atomic E-state index is 12.2. The Kier molecular flexibility index (Phi) is 6.31. The molecule has 0 N–H and O–H groups in total. The average Bonchev–Trinajstić information content (AvgIpc) is 3.14. The smallest absolute Gasteiger partial charge is 0.194 e. The molecule has 0 unspecified atom stereocenters. The van der Waals surface area contributed by atoms with Crippen LogP contribution in [0.2, 0.25) is 0 Å². The lowest BCUT2D eigenvalue weighted by molar-refractivity contribution is 0.0978. The number of unbranched alkanes of at least 4 members (excludes halogenated alkanes) is 3. The van der Waals surface area contributed by atoms with Gasteiger partial charge in [-0.3, -0.25) is 9.78 Å². The first-order valence-electron chi connectivity index (χ1n) is 9.19. The highest BCUT2D eigenvalue weighted by molar-refractivity contribution is 5.97. The van der Waals surface area contributed by atoms with Crippen molar-refractivity contribution >= 4 is 5.78 Å². The lowest BCUT2D eigenvalue weighted by Crippen LogP contribution is -2.01. The highest BCUT2D eigenvalue weighted by Gasteiger charge is 2.09. The van der Waals surface area contributed by atoms with Crippen LogP contribution in [0.1, 0.15) is 53.9 Å². The molecule has 3 rings (SSSR count). The van der Waals surface area contributed by atoms with Gasteiger partial charge < -0.3 is 4.42 Å². The van der Waals surface area contributed by atoms with Crippen LogP contribution in [-0.4, -0.2) is 15.8 Å². The van der Waals surface area contributed by atoms with Gasteiger partial charge in [0, 0.05) is 24.6 Å². The SMILES string of the molecule is Cc1ccccc1C(=O)CCCCCCc1ncc(-c2ccccn2)o1. The van der Waals surface area contributed by atoms with Gasteiger partial charge in [-0.25, -0.2) is 4.98 Å². The van der Waals surface area contributed by atoms with Crippen LogP contribution in [-0.2, 0) is 6.42 Å². The molecule has 0 saturated carbocycles. The number of hydrogen-bond acceptors (Lipinski definition) is 4. The number of carbonyl (C=O) groups excluding carboxylic acids is 1. The van der Waals surface area contributed by atoms with Gasteiger partial charge in [-0.05, 0) is 37.5 Å². The minimum absolute atomic E-state index is 0.246. The molecule has 0 bridgehead atoms. The number of aromatic nitrogens is 2. The Labute approximate surface area is 154 Å². The van der Waals surface area contributed by atoms with E-state index >= 15 is 0 Å². The summed E-state index contributed by atoms with van der Waals surface area (Å²) in [6.07, 6.45) is 8.98. The van der Waals surface area contributed by atoms with E-state index in [1.807, 2.05) is 49.4 Å². The summed E-state index contributed by atoms with van der Waals surface area (Å²) >= 11 is 0. The van der Waals surface area contributed by atoms with E-state index in [9.17, 15) is 4.79 Å². The Hall–Kier alpha value is -2.75. The molecular formula is C22H24N2O2. The van der Waals surface area contributed by atoms with E-state index in [-0.39, 0.29) is 5.78 Å². The summed E-state index contributed by atoms with van der Waals surface area (Å²) in [6.45, 7) is 1.99. The zero-order valence-corrected chi connectivity index (χ0v) is 15.1. The van der Waals surface area contributed by atoms with Gasteiger partial charge >= 0.3 is 0 Å². The molecule has 3 aromatic rings. The summed E-state index contributed by atoms with van der Waals surface area (Å²) in [4.78, 5) is 20.8. The van der Waals surface area contributed by atoms with Crippen LogP contribution in [0.25, 0.3) is 11.5 Å². The van der Waals surface area contributed by atoms with E-state index in [2.05, 4.69) is 9.97 Å². The molecule has 0 spiro atoms. The molecule has 2 aromatic heterocycles. The minimum atomic E-state index is 0.246. The van der Waals surface area contributed by atoms with E-state index < -0.39 is 0 Å². The molecule has 0 fully saturated rings. The number of benzene rings is 1. The van der Waals surface area contributed by atoms with Crippen LogP contribution in [0.3, 0.4) is 0 Å².